The molecule has 2 fully saturated rings. The molecule has 8 atom stereocenters. The first-order valence-corrected chi connectivity index (χ1v) is 8.95. The van der Waals surface area contributed by atoms with Crippen molar-refractivity contribution in [2.75, 3.05) is 13.7 Å². The molecule has 0 aromatic rings. The largest absolute Gasteiger partial charge is 0.472 e. The second-order valence-electron chi connectivity index (χ2n) is 5.60. The van der Waals surface area contributed by atoms with Crippen LogP contribution >= 0.6 is 7.82 Å². The van der Waals surface area contributed by atoms with Gasteiger partial charge in [-0.15, -0.1) is 0 Å². The fraction of sp³-hybridized carbons (Fsp3) is 1.00. The maximum Gasteiger partial charge on any atom is 0.472 e. The monoisotopic (exact) mass is 356 g/mol. The lowest BCUT2D eigenvalue weighted by Crippen LogP contribution is -2.38. The predicted molar refractivity (Wildman–Crippen MR) is 78.1 cm³/mol. The van der Waals surface area contributed by atoms with Crippen molar-refractivity contribution in [1.82, 2.24) is 0 Å². The average molecular weight is 356 g/mol. The third-order valence-corrected chi connectivity index (χ3v) is 4.96. The van der Waals surface area contributed by atoms with Gasteiger partial charge in [0, 0.05) is 13.5 Å². The minimum absolute atomic E-state index is 0.302. The number of phosphoric ester groups is 1. The fourth-order valence-electron chi connectivity index (χ4n) is 2.78. The molecule has 0 aromatic heterocycles. The lowest BCUT2D eigenvalue weighted by atomic mass is 10.1. The second-order valence-corrected chi connectivity index (χ2v) is 7.00. The van der Waals surface area contributed by atoms with Crippen molar-refractivity contribution < 1.29 is 37.8 Å². The Morgan fingerprint density at radius 3 is 2.61 bits per heavy atom. The SMILES string of the molecule is CCC1O[C@@H](N)C[C@@H]1OP(=O)(O)OC[C@H]1O[C@@H](N)[C@H](O)[C@@H]1OC. The van der Waals surface area contributed by atoms with Gasteiger partial charge in [0.2, 0.25) is 0 Å². The van der Waals surface area contributed by atoms with Crippen LogP contribution in [0.2, 0.25) is 0 Å². The van der Waals surface area contributed by atoms with Gasteiger partial charge in [-0.1, -0.05) is 6.92 Å². The van der Waals surface area contributed by atoms with E-state index in [-0.39, 0.29) is 12.7 Å². The molecule has 2 unspecified atom stereocenters. The molecule has 0 bridgehead atoms. The Morgan fingerprint density at radius 2 is 2.00 bits per heavy atom. The minimum Gasteiger partial charge on any atom is -0.386 e. The van der Waals surface area contributed by atoms with Gasteiger partial charge in [0.05, 0.1) is 18.8 Å². The number of nitrogens with two attached hydrogens (primary N) is 2. The van der Waals surface area contributed by atoms with Crippen LogP contribution in [0.5, 0.6) is 0 Å². The number of ether oxygens (including phenoxy) is 3. The molecule has 6 N–H and O–H groups in total. The zero-order valence-electron chi connectivity index (χ0n) is 13.1. The molecule has 0 amide bonds. The molecule has 11 heteroatoms. The van der Waals surface area contributed by atoms with Gasteiger partial charge in [-0.2, -0.15) is 0 Å². The van der Waals surface area contributed by atoms with Gasteiger partial charge < -0.3 is 35.7 Å². The predicted octanol–water partition coefficient (Wildman–Crippen LogP) is -0.968. The molecule has 23 heavy (non-hydrogen) atoms. The van der Waals surface area contributed by atoms with Crippen LogP contribution in [0.3, 0.4) is 0 Å². The first kappa shape index (κ1) is 19.2. The van der Waals surface area contributed by atoms with E-state index in [9.17, 15) is 14.6 Å². The molecule has 2 rings (SSSR count). The summed E-state index contributed by atoms with van der Waals surface area (Å²) in [5.74, 6) is 0. The average Bonchev–Trinajstić information content (AvgIpc) is 2.96. The van der Waals surface area contributed by atoms with Crippen molar-refractivity contribution >= 4 is 7.82 Å². The highest BCUT2D eigenvalue weighted by Crippen LogP contribution is 2.47. The molecule has 0 saturated carbocycles. The molecule has 0 spiro atoms. The molecule has 2 heterocycles. The third kappa shape index (κ3) is 4.70. The Labute approximate surface area is 134 Å². The van der Waals surface area contributed by atoms with Gasteiger partial charge >= 0.3 is 7.82 Å². The van der Waals surface area contributed by atoms with Crippen LogP contribution < -0.4 is 11.5 Å². The van der Waals surface area contributed by atoms with E-state index < -0.39 is 44.7 Å². The molecule has 0 aliphatic carbocycles. The summed E-state index contributed by atoms with van der Waals surface area (Å²) in [7, 11) is -2.97. The van der Waals surface area contributed by atoms with Gasteiger partial charge in [0.1, 0.15) is 30.8 Å². The first-order valence-electron chi connectivity index (χ1n) is 7.46. The van der Waals surface area contributed by atoms with E-state index in [2.05, 4.69) is 0 Å². The zero-order valence-corrected chi connectivity index (χ0v) is 14.0. The van der Waals surface area contributed by atoms with Crippen molar-refractivity contribution in [3.05, 3.63) is 0 Å². The Bertz CT molecular complexity index is 441. The summed E-state index contributed by atoms with van der Waals surface area (Å²) in [6.45, 7) is 1.55. The quantitative estimate of drug-likeness (QED) is 0.419. The second kappa shape index (κ2) is 7.83. The van der Waals surface area contributed by atoms with Crippen molar-refractivity contribution in [3.8, 4) is 0 Å². The molecule has 136 valence electrons. The Hall–Kier alpha value is -0.130. The summed E-state index contributed by atoms with van der Waals surface area (Å²) in [5.41, 5.74) is 11.2. The van der Waals surface area contributed by atoms with E-state index in [1.54, 1.807) is 0 Å². The van der Waals surface area contributed by atoms with Crippen LogP contribution in [0.4, 0.5) is 0 Å². The van der Waals surface area contributed by atoms with Crippen molar-refractivity contribution in [2.45, 2.75) is 62.7 Å². The lowest BCUT2D eigenvalue weighted by Gasteiger charge is -2.22. The summed E-state index contributed by atoms with van der Waals surface area (Å²) in [5, 5.41) is 9.76. The number of phosphoric acid groups is 1. The number of methoxy groups -OCH3 is 1. The van der Waals surface area contributed by atoms with E-state index in [4.69, 9.17) is 34.7 Å². The first-order chi connectivity index (χ1) is 10.8. The third-order valence-electron chi connectivity index (χ3n) is 3.95. The normalized spacial score (nSPS) is 43.7. The number of aliphatic hydroxyl groups is 1. The van der Waals surface area contributed by atoms with Crippen molar-refractivity contribution in [3.63, 3.8) is 0 Å². The lowest BCUT2D eigenvalue weighted by molar-refractivity contribution is -0.0411. The zero-order chi connectivity index (χ0) is 17.2. The van der Waals surface area contributed by atoms with Crippen LogP contribution in [-0.4, -0.2) is 66.7 Å². The number of hydrogen-bond donors (Lipinski definition) is 4. The molecule has 0 radical (unpaired) electrons. The Morgan fingerprint density at radius 1 is 1.30 bits per heavy atom. The van der Waals surface area contributed by atoms with Crippen LogP contribution in [-0.2, 0) is 27.8 Å². The number of hydrogen-bond acceptors (Lipinski definition) is 9. The maximum absolute atomic E-state index is 12.1. The van der Waals surface area contributed by atoms with E-state index in [1.807, 2.05) is 6.92 Å². The topological polar surface area (TPSA) is 156 Å². The Balaban J connectivity index is 1.88. The fourth-order valence-corrected chi connectivity index (χ4v) is 3.74. The van der Waals surface area contributed by atoms with Crippen LogP contribution in [0.1, 0.15) is 19.8 Å². The van der Waals surface area contributed by atoms with Gasteiger partial charge in [-0.25, -0.2) is 4.57 Å². The van der Waals surface area contributed by atoms with E-state index in [0.717, 1.165) is 0 Å². The number of aliphatic hydroxyl groups excluding tert-OH is 1. The summed E-state index contributed by atoms with van der Waals surface area (Å²) >= 11 is 0. The van der Waals surface area contributed by atoms with Crippen LogP contribution in [0.15, 0.2) is 0 Å². The summed E-state index contributed by atoms with van der Waals surface area (Å²) in [6.07, 6.45) is -4.14. The van der Waals surface area contributed by atoms with Gasteiger partial charge in [-0.3, -0.25) is 9.05 Å². The molecule has 10 nitrogen and oxygen atoms in total. The Kier molecular flexibility index (Phi) is 6.54. The van der Waals surface area contributed by atoms with Gasteiger partial charge in [-0.05, 0) is 6.42 Å². The molecular formula is C12H25N2O8P. The van der Waals surface area contributed by atoms with Crippen LogP contribution in [0.25, 0.3) is 0 Å². The van der Waals surface area contributed by atoms with Gasteiger partial charge in [0.25, 0.3) is 0 Å². The van der Waals surface area contributed by atoms with Crippen molar-refractivity contribution in [2.24, 2.45) is 11.5 Å². The molecular weight excluding hydrogens is 331 g/mol. The van der Waals surface area contributed by atoms with Crippen LogP contribution in [0, 0.1) is 0 Å². The highest BCUT2D eigenvalue weighted by molar-refractivity contribution is 7.47. The molecule has 0 aromatic carbocycles. The smallest absolute Gasteiger partial charge is 0.386 e. The highest BCUT2D eigenvalue weighted by atomic mass is 31.2. The van der Waals surface area contributed by atoms with Crippen molar-refractivity contribution in [1.29, 1.82) is 0 Å². The van der Waals surface area contributed by atoms with E-state index in [1.165, 1.54) is 7.11 Å². The summed E-state index contributed by atoms with van der Waals surface area (Å²) in [6, 6.07) is 0. The minimum atomic E-state index is -4.34. The summed E-state index contributed by atoms with van der Waals surface area (Å²) in [4.78, 5) is 9.85. The van der Waals surface area contributed by atoms with E-state index >= 15 is 0 Å². The standard InChI is InChI=1S/C12H25N2O8P/c1-3-6-7(4-9(13)20-6)22-23(16,17)19-5-8-11(18-2)10(15)12(14)21-8/h6-12,15H,3-5,13-14H2,1-2H3,(H,16,17)/t6?,7-,8+,9+,10+,11+,12+/m0/s1. The summed E-state index contributed by atoms with van der Waals surface area (Å²) < 4.78 is 37.9. The van der Waals surface area contributed by atoms with E-state index in [0.29, 0.717) is 12.8 Å². The molecule has 2 aliphatic rings. The molecule has 2 aliphatic heterocycles. The highest BCUT2D eigenvalue weighted by Gasteiger charge is 2.44. The number of rotatable bonds is 7. The molecule has 2 saturated heterocycles. The maximum atomic E-state index is 12.1. The van der Waals surface area contributed by atoms with Gasteiger partial charge in [0.15, 0.2) is 0 Å².